The van der Waals surface area contributed by atoms with Crippen molar-refractivity contribution in [1.29, 1.82) is 0 Å². The van der Waals surface area contributed by atoms with Crippen LogP contribution in [0.1, 0.15) is 51.7 Å². The zero-order valence-corrected chi connectivity index (χ0v) is 26.2. The number of carboxylic acid groups (broad SMARTS) is 1. The number of rotatable bonds is 15. The van der Waals surface area contributed by atoms with E-state index in [9.17, 15) is 24.3 Å². The van der Waals surface area contributed by atoms with Crippen molar-refractivity contribution in [3.8, 4) is 0 Å². The molecular formula is C34H44N6O5. The van der Waals surface area contributed by atoms with Crippen LogP contribution in [0.5, 0.6) is 0 Å². The molecule has 2 heterocycles. The summed E-state index contributed by atoms with van der Waals surface area (Å²) < 4.78 is 0. The number of para-hydroxylation sites is 2. The highest BCUT2D eigenvalue weighted by molar-refractivity contribution is 5.95. The van der Waals surface area contributed by atoms with E-state index >= 15 is 0 Å². The molecule has 4 unspecified atom stereocenters. The lowest BCUT2D eigenvalue weighted by Crippen LogP contribution is -2.58. The Hall–Kier alpha value is -4.64. The Kier molecular flexibility index (Phi) is 11.0. The van der Waals surface area contributed by atoms with Gasteiger partial charge in [0, 0.05) is 40.6 Å². The minimum absolute atomic E-state index is 0.0205. The molecule has 0 aliphatic carbocycles. The first-order valence-corrected chi connectivity index (χ1v) is 15.4. The Bertz CT molecular complexity index is 1640. The molecule has 0 saturated heterocycles. The second kappa shape index (κ2) is 14.9. The topological polar surface area (TPSA) is 182 Å². The third kappa shape index (κ3) is 8.72. The first-order valence-electron chi connectivity index (χ1n) is 15.4. The maximum absolute atomic E-state index is 13.8. The number of benzene rings is 2. The summed E-state index contributed by atoms with van der Waals surface area (Å²) in [6, 6.07) is 11.2. The van der Waals surface area contributed by atoms with Crippen LogP contribution in [0.25, 0.3) is 21.8 Å². The fraction of sp³-hybridized carbons (Fsp3) is 0.412. The number of carbonyl (C=O) groups is 4. The van der Waals surface area contributed by atoms with Gasteiger partial charge in [-0.15, -0.1) is 0 Å². The number of aromatic nitrogens is 2. The van der Waals surface area contributed by atoms with Gasteiger partial charge in [-0.3, -0.25) is 14.4 Å². The summed E-state index contributed by atoms with van der Waals surface area (Å²) in [7, 11) is 0. The molecule has 2 aromatic heterocycles. The Balaban J connectivity index is 1.53. The molecule has 8 N–H and O–H groups in total. The molecule has 11 heteroatoms. The molecule has 3 amide bonds. The van der Waals surface area contributed by atoms with Gasteiger partial charge in [0.2, 0.25) is 17.7 Å². The lowest BCUT2D eigenvalue weighted by molar-refractivity contribution is -0.142. The second-order valence-corrected chi connectivity index (χ2v) is 12.5. The normalized spacial score (nSPS) is 14.3. The zero-order valence-electron chi connectivity index (χ0n) is 26.2. The molecule has 4 aromatic rings. The standard InChI is InChI=1S/C34H44N6O5/c1-19(2)13-28(38-31(41)25(35)15-21-17-36-26-11-7-5-9-23(21)26)32(42)39-29(33(43)40-30(34(44)45)14-20(3)4)16-22-18-37-27-12-8-6-10-24(22)27/h5-12,17-20,25,28-30,36-37H,13-16,35H2,1-4H3,(H,38,41)(H,39,42)(H,40,43)(H,44,45). The van der Waals surface area contributed by atoms with Crippen LogP contribution >= 0.6 is 0 Å². The number of carbonyl (C=O) groups excluding carboxylic acids is 3. The van der Waals surface area contributed by atoms with E-state index in [1.54, 1.807) is 6.20 Å². The van der Waals surface area contributed by atoms with Crippen molar-refractivity contribution in [3.63, 3.8) is 0 Å². The van der Waals surface area contributed by atoms with Crippen LogP contribution in [0.15, 0.2) is 60.9 Å². The van der Waals surface area contributed by atoms with E-state index < -0.39 is 47.9 Å². The number of nitrogens with two attached hydrogens (primary N) is 1. The van der Waals surface area contributed by atoms with Gasteiger partial charge in [0.1, 0.15) is 18.1 Å². The van der Waals surface area contributed by atoms with Gasteiger partial charge in [-0.2, -0.15) is 0 Å². The number of hydrogen-bond acceptors (Lipinski definition) is 5. The van der Waals surface area contributed by atoms with Crippen molar-refractivity contribution in [2.75, 3.05) is 0 Å². The van der Waals surface area contributed by atoms with E-state index in [0.29, 0.717) is 6.42 Å². The molecule has 0 aliphatic heterocycles. The fourth-order valence-corrected chi connectivity index (χ4v) is 5.58. The molecule has 2 aromatic carbocycles. The van der Waals surface area contributed by atoms with Gasteiger partial charge in [0.15, 0.2) is 0 Å². The van der Waals surface area contributed by atoms with Crippen molar-refractivity contribution >= 4 is 45.5 Å². The minimum atomic E-state index is -1.15. The van der Waals surface area contributed by atoms with E-state index in [1.165, 1.54) is 0 Å². The first-order chi connectivity index (χ1) is 21.4. The maximum atomic E-state index is 13.8. The van der Waals surface area contributed by atoms with Gasteiger partial charge in [-0.05, 0) is 54.4 Å². The third-order valence-electron chi connectivity index (χ3n) is 7.85. The van der Waals surface area contributed by atoms with Crippen LogP contribution < -0.4 is 21.7 Å². The van der Waals surface area contributed by atoms with Gasteiger partial charge >= 0.3 is 5.97 Å². The zero-order chi connectivity index (χ0) is 32.7. The largest absolute Gasteiger partial charge is 0.480 e. The molecule has 4 atom stereocenters. The Labute approximate surface area is 262 Å². The van der Waals surface area contributed by atoms with E-state index in [-0.39, 0.29) is 31.1 Å². The predicted octanol–water partition coefficient (Wildman–Crippen LogP) is 3.39. The lowest BCUT2D eigenvalue weighted by Gasteiger charge is -2.26. The van der Waals surface area contributed by atoms with Crippen LogP contribution in [0, 0.1) is 11.8 Å². The summed E-state index contributed by atoms with van der Waals surface area (Å²) in [6.07, 6.45) is 4.52. The number of H-pyrrole nitrogens is 2. The summed E-state index contributed by atoms with van der Waals surface area (Å²) in [5, 5.41) is 19.9. The third-order valence-corrected chi connectivity index (χ3v) is 7.85. The molecule has 11 nitrogen and oxygen atoms in total. The molecule has 0 fully saturated rings. The summed E-state index contributed by atoms with van der Waals surface area (Å²) in [4.78, 5) is 58.9. The monoisotopic (exact) mass is 616 g/mol. The average Bonchev–Trinajstić information content (AvgIpc) is 3.59. The number of amides is 3. The van der Waals surface area contributed by atoms with Crippen LogP contribution in [0.2, 0.25) is 0 Å². The molecule has 4 rings (SSSR count). The molecule has 0 radical (unpaired) electrons. The van der Waals surface area contributed by atoms with Crippen LogP contribution in [0.3, 0.4) is 0 Å². The Morgan fingerprint density at radius 3 is 1.64 bits per heavy atom. The molecule has 240 valence electrons. The Morgan fingerprint density at radius 2 is 1.11 bits per heavy atom. The van der Waals surface area contributed by atoms with E-state index in [0.717, 1.165) is 32.9 Å². The van der Waals surface area contributed by atoms with Crippen molar-refractivity contribution in [2.45, 2.75) is 77.5 Å². The van der Waals surface area contributed by atoms with Gasteiger partial charge < -0.3 is 36.8 Å². The lowest BCUT2D eigenvalue weighted by atomic mass is 9.99. The number of hydrogen-bond donors (Lipinski definition) is 7. The number of nitrogens with one attached hydrogen (secondary N) is 5. The van der Waals surface area contributed by atoms with Crippen LogP contribution in [-0.2, 0) is 32.0 Å². The van der Waals surface area contributed by atoms with Gasteiger partial charge in [-0.1, -0.05) is 64.1 Å². The van der Waals surface area contributed by atoms with Gasteiger partial charge in [-0.25, -0.2) is 4.79 Å². The van der Waals surface area contributed by atoms with Gasteiger partial charge in [0.05, 0.1) is 6.04 Å². The molecule has 0 spiro atoms. The molecule has 0 aliphatic rings. The smallest absolute Gasteiger partial charge is 0.326 e. The molecule has 0 saturated carbocycles. The van der Waals surface area contributed by atoms with E-state index in [1.807, 2.05) is 82.4 Å². The van der Waals surface area contributed by atoms with Crippen molar-refractivity contribution in [1.82, 2.24) is 25.9 Å². The molecular weight excluding hydrogens is 572 g/mol. The average molecular weight is 617 g/mol. The summed E-state index contributed by atoms with van der Waals surface area (Å²) >= 11 is 0. The van der Waals surface area contributed by atoms with Gasteiger partial charge in [0.25, 0.3) is 0 Å². The van der Waals surface area contributed by atoms with Crippen molar-refractivity contribution in [2.24, 2.45) is 17.6 Å². The van der Waals surface area contributed by atoms with E-state index in [4.69, 9.17) is 5.73 Å². The SMILES string of the molecule is CC(C)CC(NC(=O)C(Cc1c[nH]c2ccccc12)NC(=O)C(CC(C)C)NC(=O)C(N)Cc1c[nH]c2ccccc12)C(=O)O. The number of aliphatic carboxylic acids is 1. The first kappa shape index (κ1) is 33.3. The Morgan fingerprint density at radius 1 is 0.667 bits per heavy atom. The van der Waals surface area contributed by atoms with Crippen molar-refractivity contribution in [3.05, 3.63) is 72.1 Å². The number of carboxylic acids is 1. The van der Waals surface area contributed by atoms with Crippen LogP contribution in [-0.4, -0.2) is 62.9 Å². The highest BCUT2D eigenvalue weighted by Gasteiger charge is 2.31. The predicted molar refractivity (Wildman–Crippen MR) is 174 cm³/mol. The highest BCUT2D eigenvalue weighted by Crippen LogP contribution is 2.21. The van der Waals surface area contributed by atoms with Crippen LogP contribution in [0.4, 0.5) is 0 Å². The quantitative estimate of drug-likeness (QED) is 0.107. The van der Waals surface area contributed by atoms with E-state index in [2.05, 4.69) is 25.9 Å². The second-order valence-electron chi connectivity index (χ2n) is 12.5. The molecule has 0 bridgehead atoms. The minimum Gasteiger partial charge on any atom is -0.480 e. The van der Waals surface area contributed by atoms with Crippen molar-refractivity contribution < 1.29 is 24.3 Å². The maximum Gasteiger partial charge on any atom is 0.326 e. The summed E-state index contributed by atoms with van der Waals surface area (Å²) in [5.41, 5.74) is 9.80. The number of fused-ring (bicyclic) bond motifs is 2. The highest BCUT2D eigenvalue weighted by atomic mass is 16.4. The summed E-state index contributed by atoms with van der Waals surface area (Å²) in [6.45, 7) is 7.60. The number of aromatic amines is 2. The fourth-order valence-electron chi connectivity index (χ4n) is 5.58. The molecule has 45 heavy (non-hydrogen) atoms. The summed E-state index contributed by atoms with van der Waals surface area (Å²) in [5.74, 6) is -2.74.